The van der Waals surface area contributed by atoms with E-state index in [0.717, 1.165) is 0 Å². The SMILES string of the molecule is CN(C)C(=O)c1ccc(Cl)c(NC(=O)c2ccn(-c3cccc(F)c3)n2)c1. The fourth-order valence-corrected chi connectivity index (χ4v) is 2.57. The molecule has 1 heterocycles. The van der Waals surface area contributed by atoms with Crippen molar-refractivity contribution in [3.05, 3.63) is 76.8 Å². The fourth-order valence-electron chi connectivity index (χ4n) is 2.41. The van der Waals surface area contributed by atoms with Gasteiger partial charge in [-0.15, -0.1) is 0 Å². The first-order valence-electron chi connectivity index (χ1n) is 7.99. The first-order valence-corrected chi connectivity index (χ1v) is 8.37. The van der Waals surface area contributed by atoms with Crippen molar-refractivity contribution in [3.8, 4) is 5.69 Å². The second kappa shape index (κ2) is 7.59. The number of amides is 2. The molecule has 3 rings (SSSR count). The molecule has 0 saturated heterocycles. The standard InChI is InChI=1S/C19H16ClFN4O2/c1-24(2)19(27)12-6-7-15(20)17(10-12)22-18(26)16-8-9-25(23-16)14-5-3-4-13(21)11-14/h3-11H,1-2H3,(H,22,26). The molecule has 8 heteroatoms. The highest BCUT2D eigenvalue weighted by atomic mass is 35.5. The number of rotatable bonds is 4. The van der Waals surface area contributed by atoms with Crippen molar-refractivity contribution in [1.82, 2.24) is 14.7 Å². The normalized spacial score (nSPS) is 10.5. The predicted molar refractivity (Wildman–Crippen MR) is 101 cm³/mol. The molecule has 2 aromatic carbocycles. The van der Waals surface area contributed by atoms with Crippen molar-refractivity contribution in [2.45, 2.75) is 0 Å². The van der Waals surface area contributed by atoms with Gasteiger partial charge >= 0.3 is 0 Å². The van der Waals surface area contributed by atoms with E-state index in [1.54, 1.807) is 44.6 Å². The molecule has 0 unspecified atom stereocenters. The lowest BCUT2D eigenvalue weighted by Crippen LogP contribution is -2.22. The quantitative estimate of drug-likeness (QED) is 0.744. The van der Waals surface area contributed by atoms with E-state index in [9.17, 15) is 14.0 Å². The highest BCUT2D eigenvalue weighted by molar-refractivity contribution is 6.34. The molecule has 0 saturated carbocycles. The Balaban J connectivity index is 1.82. The van der Waals surface area contributed by atoms with Crippen LogP contribution in [0.25, 0.3) is 5.69 Å². The third-order valence-corrected chi connectivity index (χ3v) is 4.09. The zero-order valence-corrected chi connectivity index (χ0v) is 15.4. The average Bonchev–Trinajstić information content (AvgIpc) is 3.13. The van der Waals surface area contributed by atoms with Gasteiger partial charge in [0.15, 0.2) is 5.69 Å². The lowest BCUT2D eigenvalue weighted by atomic mass is 10.1. The number of nitrogens with zero attached hydrogens (tertiary/aromatic N) is 3. The molecular weight excluding hydrogens is 371 g/mol. The van der Waals surface area contributed by atoms with Gasteiger partial charge < -0.3 is 10.2 Å². The number of benzene rings is 2. The van der Waals surface area contributed by atoms with Crippen LogP contribution in [-0.2, 0) is 0 Å². The Labute approximate surface area is 160 Å². The topological polar surface area (TPSA) is 67.2 Å². The van der Waals surface area contributed by atoms with Crippen LogP contribution >= 0.6 is 11.6 Å². The van der Waals surface area contributed by atoms with Crippen LogP contribution in [0.2, 0.25) is 5.02 Å². The predicted octanol–water partition coefficient (Wildman–Crippen LogP) is 3.62. The van der Waals surface area contributed by atoms with Crippen molar-refractivity contribution in [2.24, 2.45) is 0 Å². The third kappa shape index (κ3) is 4.15. The summed E-state index contributed by atoms with van der Waals surface area (Å²) in [7, 11) is 3.27. The van der Waals surface area contributed by atoms with Crippen molar-refractivity contribution in [3.63, 3.8) is 0 Å². The molecule has 3 aromatic rings. The molecule has 2 amide bonds. The van der Waals surface area contributed by atoms with Gasteiger partial charge in [-0.05, 0) is 42.5 Å². The first kappa shape index (κ1) is 18.6. The van der Waals surface area contributed by atoms with Gasteiger partial charge in [0.2, 0.25) is 0 Å². The summed E-state index contributed by atoms with van der Waals surface area (Å²) in [5, 5.41) is 7.09. The highest BCUT2D eigenvalue weighted by Gasteiger charge is 2.15. The third-order valence-electron chi connectivity index (χ3n) is 3.76. The number of hydrogen-bond acceptors (Lipinski definition) is 3. The summed E-state index contributed by atoms with van der Waals surface area (Å²) in [5.41, 5.74) is 1.31. The maximum absolute atomic E-state index is 13.3. The minimum Gasteiger partial charge on any atom is -0.345 e. The summed E-state index contributed by atoms with van der Waals surface area (Å²) in [4.78, 5) is 26.0. The lowest BCUT2D eigenvalue weighted by Gasteiger charge is -2.12. The Bertz CT molecular complexity index is 1020. The Hall–Kier alpha value is -3.19. The fraction of sp³-hybridized carbons (Fsp3) is 0.105. The van der Waals surface area contributed by atoms with Crippen LogP contribution in [0.1, 0.15) is 20.8 Å². The lowest BCUT2D eigenvalue weighted by molar-refractivity contribution is 0.0827. The number of carbonyl (C=O) groups is 2. The molecule has 0 aliphatic rings. The van der Waals surface area contributed by atoms with E-state index in [1.165, 1.54) is 33.8 Å². The van der Waals surface area contributed by atoms with Crippen molar-refractivity contribution >= 4 is 29.1 Å². The van der Waals surface area contributed by atoms with Gasteiger partial charge in [-0.25, -0.2) is 9.07 Å². The first-order chi connectivity index (χ1) is 12.8. The van der Waals surface area contributed by atoms with Gasteiger partial charge in [0.1, 0.15) is 5.82 Å². The Morgan fingerprint density at radius 3 is 2.63 bits per heavy atom. The zero-order chi connectivity index (χ0) is 19.6. The molecule has 1 aromatic heterocycles. The molecule has 27 heavy (non-hydrogen) atoms. The van der Waals surface area contributed by atoms with E-state index in [-0.39, 0.29) is 11.6 Å². The van der Waals surface area contributed by atoms with Crippen LogP contribution in [0.3, 0.4) is 0 Å². The Kier molecular flexibility index (Phi) is 5.23. The van der Waals surface area contributed by atoms with E-state index in [1.807, 2.05) is 0 Å². The molecule has 0 spiro atoms. The molecule has 138 valence electrons. The maximum Gasteiger partial charge on any atom is 0.276 e. The minimum absolute atomic E-state index is 0.125. The molecule has 0 aliphatic carbocycles. The molecule has 1 N–H and O–H groups in total. The van der Waals surface area contributed by atoms with Crippen LogP contribution in [0.15, 0.2) is 54.7 Å². The van der Waals surface area contributed by atoms with Crippen molar-refractivity contribution < 1.29 is 14.0 Å². The smallest absolute Gasteiger partial charge is 0.276 e. The van der Waals surface area contributed by atoms with Gasteiger partial charge in [0.25, 0.3) is 11.8 Å². The van der Waals surface area contributed by atoms with E-state index < -0.39 is 11.7 Å². The van der Waals surface area contributed by atoms with Gasteiger partial charge in [-0.2, -0.15) is 5.10 Å². The monoisotopic (exact) mass is 386 g/mol. The van der Waals surface area contributed by atoms with Gasteiger partial charge in [0, 0.05) is 25.9 Å². The molecular formula is C19H16ClFN4O2. The minimum atomic E-state index is -0.499. The number of hydrogen-bond donors (Lipinski definition) is 1. The van der Waals surface area contributed by atoms with Gasteiger partial charge in [0.05, 0.1) is 16.4 Å². The zero-order valence-electron chi connectivity index (χ0n) is 14.6. The number of carbonyl (C=O) groups excluding carboxylic acids is 2. The molecule has 0 aliphatic heterocycles. The van der Waals surface area contributed by atoms with Gasteiger partial charge in [-0.3, -0.25) is 9.59 Å². The molecule has 0 bridgehead atoms. The van der Waals surface area contributed by atoms with E-state index >= 15 is 0 Å². The largest absolute Gasteiger partial charge is 0.345 e. The number of anilines is 1. The van der Waals surface area contributed by atoms with Crippen LogP contribution in [0.5, 0.6) is 0 Å². The van der Waals surface area contributed by atoms with E-state index in [0.29, 0.717) is 22.0 Å². The van der Waals surface area contributed by atoms with Crippen LogP contribution in [0, 0.1) is 5.82 Å². The number of aromatic nitrogens is 2. The summed E-state index contributed by atoms with van der Waals surface area (Å²) >= 11 is 6.12. The Morgan fingerprint density at radius 1 is 1.15 bits per heavy atom. The van der Waals surface area contributed by atoms with Gasteiger partial charge in [-0.1, -0.05) is 17.7 Å². The van der Waals surface area contributed by atoms with E-state index in [4.69, 9.17) is 11.6 Å². The van der Waals surface area contributed by atoms with Crippen molar-refractivity contribution in [2.75, 3.05) is 19.4 Å². The van der Waals surface area contributed by atoms with Crippen molar-refractivity contribution in [1.29, 1.82) is 0 Å². The summed E-state index contributed by atoms with van der Waals surface area (Å²) < 4.78 is 14.7. The Morgan fingerprint density at radius 2 is 1.93 bits per heavy atom. The van der Waals surface area contributed by atoms with Crippen LogP contribution in [0.4, 0.5) is 10.1 Å². The summed E-state index contributed by atoms with van der Waals surface area (Å²) in [6.07, 6.45) is 1.55. The van der Waals surface area contributed by atoms with Crippen LogP contribution in [-0.4, -0.2) is 40.6 Å². The van der Waals surface area contributed by atoms with E-state index in [2.05, 4.69) is 10.4 Å². The molecule has 0 radical (unpaired) electrons. The molecule has 6 nitrogen and oxygen atoms in total. The second-order valence-electron chi connectivity index (χ2n) is 5.97. The second-order valence-corrected chi connectivity index (χ2v) is 6.38. The van der Waals surface area contributed by atoms with Crippen LogP contribution < -0.4 is 5.32 Å². The number of halogens is 2. The molecule has 0 atom stereocenters. The summed E-state index contributed by atoms with van der Waals surface area (Å²) in [6.45, 7) is 0. The maximum atomic E-state index is 13.3. The molecule has 0 fully saturated rings. The summed E-state index contributed by atoms with van der Waals surface area (Å²) in [6, 6.07) is 12.0. The highest BCUT2D eigenvalue weighted by Crippen LogP contribution is 2.24. The number of nitrogens with one attached hydrogen (secondary N) is 1. The average molecular weight is 387 g/mol. The summed E-state index contributed by atoms with van der Waals surface area (Å²) in [5.74, 6) is -1.11.